The van der Waals surface area contributed by atoms with Crippen LogP contribution in [0.5, 0.6) is 11.5 Å². The molecule has 5 heteroatoms. The first kappa shape index (κ1) is 13.2. The molecular formula is C14H12ClNO3. The first-order chi connectivity index (χ1) is 9.04. The van der Waals surface area contributed by atoms with Crippen molar-refractivity contribution >= 4 is 23.2 Å². The maximum atomic E-state index is 11.8. The number of halogens is 1. The standard InChI is InChI=1S/C14H12ClNO3/c15-12-8-10(4-5-13(12)18)16-14(19)7-9-2-1-3-11(17)6-9/h1-6,8,17-18H,7H2,(H,16,19). The zero-order chi connectivity index (χ0) is 13.8. The SMILES string of the molecule is O=C(Cc1cccc(O)c1)Nc1ccc(O)c(Cl)c1. The Morgan fingerprint density at radius 1 is 1.16 bits per heavy atom. The molecule has 0 spiro atoms. The third-order valence-corrected chi connectivity index (χ3v) is 2.81. The highest BCUT2D eigenvalue weighted by Gasteiger charge is 2.06. The number of nitrogens with one attached hydrogen (secondary N) is 1. The van der Waals surface area contributed by atoms with E-state index in [1.54, 1.807) is 24.3 Å². The Kier molecular flexibility index (Phi) is 3.92. The van der Waals surface area contributed by atoms with Crippen LogP contribution < -0.4 is 5.32 Å². The lowest BCUT2D eigenvalue weighted by Crippen LogP contribution is -2.14. The van der Waals surface area contributed by atoms with E-state index in [0.717, 1.165) is 0 Å². The summed E-state index contributed by atoms with van der Waals surface area (Å²) in [6.07, 6.45) is 0.146. The van der Waals surface area contributed by atoms with E-state index >= 15 is 0 Å². The number of rotatable bonds is 3. The summed E-state index contributed by atoms with van der Waals surface area (Å²) < 4.78 is 0. The Morgan fingerprint density at radius 3 is 2.63 bits per heavy atom. The maximum absolute atomic E-state index is 11.8. The van der Waals surface area contributed by atoms with Crippen LogP contribution in [0.1, 0.15) is 5.56 Å². The second-order valence-electron chi connectivity index (χ2n) is 4.06. The third-order valence-electron chi connectivity index (χ3n) is 2.51. The van der Waals surface area contributed by atoms with E-state index in [1.807, 2.05) is 0 Å². The molecule has 0 bridgehead atoms. The minimum atomic E-state index is -0.229. The summed E-state index contributed by atoms with van der Waals surface area (Å²) in [5.41, 5.74) is 1.22. The molecule has 2 aromatic carbocycles. The minimum Gasteiger partial charge on any atom is -0.508 e. The van der Waals surface area contributed by atoms with Crippen LogP contribution in [0.25, 0.3) is 0 Å². The molecule has 0 radical (unpaired) electrons. The van der Waals surface area contributed by atoms with Crippen molar-refractivity contribution in [1.82, 2.24) is 0 Å². The number of anilines is 1. The van der Waals surface area contributed by atoms with Crippen molar-refractivity contribution in [1.29, 1.82) is 0 Å². The molecule has 0 aliphatic rings. The van der Waals surface area contributed by atoms with Gasteiger partial charge in [0, 0.05) is 5.69 Å². The van der Waals surface area contributed by atoms with E-state index in [1.165, 1.54) is 18.2 Å². The lowest BCUT2D eigenvalue weighted by Gasteiger charge is -2.06. The molecule has 0 aromatic heterocycles. The predicted molar refractivity (Wildman–Crippen MR) is 73.6 cm³/mol. The lowest BCUT2D eigenvalue weighted by molar-refractivity contribution is -0.115. The van der Waals surface area contributed by atoms with Crippen molar-refractivity contribution in [2.24, 2.45) is 0 Å². The zero-order valence-corrected chi connectivity index (χ0v) is 10.7. The molecule has 2 aromatic rings. The molecule has 0 saturated carbocycles. The largest absolute Gasteiger partial charge is 0.508 e. The summed E-state index contributed by atoms with van der Waals surface area (Å²) in [5.74, 6) is -0.141. The third kappa shape index (κ3) is 3.63. The van der Waals surface area contributed by atoms with E-state index in [4.69, 9.17) is 11.6 Å². The molecule has 0 fully saturated rings. The van der Waals surface area contributed by atoms with E-state index in [9.17, 15) is 15.0 Å². The van der Waals surface area contributed by atoms with Crippen LogP contribution in [0.4, 0.5) is 5.69 Å². The number of hydrogen-bond acceptors (Lipinski definition) is 3. The molecule has 3 N–H and O–H groups in total. The Bertz CT molecular complexity index is 613. The second kappa shape index (κ2) is 5.63. The fourth-order valence-corrected chi connectivity index (χ4v) is 1.82. The number of phenolic OH excluding ortho intramolecular Hbond substituents is 2. The average molecular weight is 278 g/mol. The number of carbonyl (C=O) groups excluding carboxylic acids is 1. The van der Waals surface area contributed by atoms with Crippen LogP contribution >= 0.6 is 11.6 Å². The van der Waals surface area contributed by atoms with Gasteiger partial charge in [0.25, 0.3) is 0 Å². The van der Waals surface area contributed by atoms with Crippen molar-refractivity contribution in [3.63, 3.8) is 0 Å². The van der Waals surface area contributed by atoms with Gasteiger partial charge in [-0.1, -0.05) is 23.7 Å². The number of carbonyl (C=O) groups is 1. The zero-order valence-electron chi connectivity index (χ0n) is 9.93. The van der Waals surface area contributed by atoms with E-state index in [-0.39, 0.29) is 28.8 Å². The molecule has 4 nitrogen and oxygen atoms in total. The molecule has 1 amide bonds. The van der Waals surface area contributed by atoms with Gasteiger partial charge in [-0.3, -0.25) is 4.79 Å². The topological polar surface area (TPSA) is 69.6 Å². The van der Waals surface area contributed by atoms with Crippen LogP contribution in [0.2, 0.25) is 5.02 Å². The van der Waals surface area contributed by atoms with Gasteiger partial charge in [-0.15, -0.1) is 0 Å². The van der Waals surface area contributed by atoms with E-state index < -0.39 is 0 Å². The number of amides is 1. The van der Waals surface area contributed by atoms with Gasteiger partial charge in [-0.25, -0.2) is 0 Å². The molecule has 0 heterocycles. The molecule has 19 heavy (non-hydrogen) atoms. The summed E-state index contributed by atoms with van der Waals surface area (Å²) in [4.78, 5) is 11.8. The highest BCUT2D eigenvalue weighted by Crippen LogP contribution is 2.26. The van der Waals surface area contributed by atoms with Crippen LogP contribution in [0.15, 0.2) is 42.5 Å². The van der Waals surface area contributed by atoms with Crippen LogP contribution in [0.3, 0.4) is 0 Å². The van der Waals surface area contributed by atoms with E-state index in [0.29, 0.717) is 11.3 Å². The normalized spacial score (nSPS) is 10.2. The summed E-state index contributed by atoms with van der Waals surface area (Å²) in [7, 11) is 0. The van der Waals surface area contributed by atoms with Crippen LogP contribution in [0, 0.1) is 0 Å². The molecule has 2 rings (SSSR count). The molecule has 98 valence electrons. The van der Waals surface area contributed by atoms with Crippen molar-refractivity contribution in [3.8, 4) is 11.5 Å². The van der Waals surface area contributed by atoms with Crippen molar-refractivity contribution in [3.05, 3.63) is 53.1 Å². The first-order valence-electron chi connectivity index (χ1n) is 5.61. The summed E-state index contributed by atoms with van der Waals surface area (Å²) >= 11 is 5.74. The molecule has 0 atom stereocenters. The monoisotopic (exact) mass is 277 g/mol. The molecule has 0 saturated heterocycles. The molecule has 0 unspecified atom stereocenters. The maximum Gasteiger partial charge on any atom is 0.228 e. The van der Waals surface area contributed by atoms with Crippen LogP contribution in [-0.2, 0) is 11.2 Å². The Balaban J connectivity index is 2.03. The van der Waals surface area contributed by atoms with Gasteiger partial charge in [0.05, 0.1) is 11.4 Å². The van der Waals surface area contributed by atoms with Gasteiger partial charge >= 0.3 is 0 Å². The number of phenols is 2. The van der Waals surface area contributed by atoms with Crippen molar-refractivity contribution in [2.75, 3.05) is 5.32 Å². The van der Waals surface area contributed by atoms with Gasteiger partial charge in [0.1, 0.15) is 11.5 Å². The summed E-state index contributed by atoms with van der Waals surface area (Å²) in [6.45, 7) is 0. The van der Waals surface area contributed by atoms with Gasteiger partial charge in [0.15, 0.2) is 0 Å². The second-order valence-corrected chi connectivity index (χ2v) is 4.47. The van der Waals surface area contributed by atoms with Crippen LogP contribution in [-0.4, -0.2) is 16.1 Å². The lowest BCUT2D eigenvalue weighted by atomic mass is 10.1. The Hall–Kier alpha value is -2.20. The highest BCUT2D eigenvalue weighted by molar-refractivity contribution is 6.32. The predicted octanol–water partition coefficient (Wildman–Crippen LogP) is 2.93. The van der Waals surface area contributed by atoms with E-state index in [2.05, 4.69) is 5.32 Å². The van der Waals surface area contributed by atoms with Crippen molar-refractivity contribution in [2.45, 2.75) is 6.42 Å². The van der Waals surface area contributed by atoms with Gasteiger partial charge in [-0.2, -0.15) is 0 Å². The molecule has 0 aliphatic heterocycles. The molecule has 0 aliphatic carbocycles. The quantitative estimate of drug-likeness (QED) is 0.756. The fraction of sp³-hybridized carbons (Fsp3) is 0.0714. The number of hydrogen-bond donors (Lipinski definition) is 3. The highest BCUT2D eigenvalue weighted by atomic mass is 35.5. The fourth-order valence-electron chi connectivity index (χ4n) is 1.64. The van der Waals surface area contributed by atoms with Crippen molar-refractivity contribution < 1.29 is 15.0 Å². The first-order valence-corrected chi connectivity index (χ1v) is 5.98. The van der Waals surface area contributed by atoms with Gasteiger partial charge < -0.3 is 15.5 Å². The summed E-state index contributed by atoms with van der Waals surface area (Å²) in [5, 5.41) is 21.4. The average Bonchev–Trinajstić information content (AvgIpc) is 2.34. The molecular weight excluding hydrogens is 266 g/mol. The smallest absolute Gasteiger partial charge is 0.228 e. The number of benzene rings is 2. The van der Waals surface area contributed by atoms with Gasteiger partial charge in [0.2, 0.25) is 5.91 Å². The summed E-state index contributed by atoms with van der Waals surface area (Å²) in [6, 6.07) is 10.9. The number of aromatic hydroxyl groups is 2. The Morgan fingerprint density at radius 2 is 1.95 bits per heavy atom. The Labute approximate surface area is 115 Å². The minimum absolute atomic E-state index is 0.0346. The van der Waals surface area contributed by atoms with Gasteiger partial charge in [-0.05, 0) is 35.9 Å².